The van der Waals surface area contributed by atoms with E-state index < -0.39 is 9.84 Å². The minimum Gasteiger partial charge on any atom is -0.322 e. The third-order valence-electron chi connectivity index (χ3n) is 4.04. The summed E-state index contributed by atoms with van der Waals surface area (Å²) in [5, 5.41) is 2.82. The molecule has 3 rings (SSSR count). The monoisotopic (exact) mass is 346 g/mol. The summed E-state index contributed by atoms with van der Waals surface area (Å²) in [6.45, 7) is 1.87. The number of pyridine rings is 1. The number of carbonyl (C=O) groups is 1. The van der Waals surface area contributed by atoms with E-state index in [1.807, 2.05) is 6.20 Å². The first-order chi connectivity index (χ1) is 11.4. The van der Waals surface area contributed by atoms with E-state index in [1.54, 1.807) is 24.3 Å². The fourth-order valence-corrected chi connectivity index (χ4v) is 3.43. The summed E-state index contributed by atoms with van der Waals surface area (Å²) < 4.78 is 23.0. The third kappa shape index (κ3) is 3.56. The summed E-state index contributed by atoms with van der Waals surface area (Å²) in [6, 6.07) is 9.74. The Morgan fingerprint density at radius 2 is 1.79 bits per heavy atom. The number of nitrogens with one attached hydrogen (secondary N) is 2. The zero-order chi connectivity index (χ0) is 17.2. The summed E-state index contributed by atoms with van der Waals surface area (Å²) in [5.74, 6) is 0.598. The van der Waals surface area contributed by atoms with E-state index in [2.05, 4.69) is 15.2 Å². The summed E-state index contributed by atoms with van der Waals surface area (Å²) in [5.41, 5.74) is 1.13. The number of sulfone groups is 1. The van der Waals surface area contributed by atoms with Crippen LogP contribution in [0.4, 0.5) is 11.5 Å². The van der Waals surface area contributed by atoms with Gasteiger partial charge in [-0.2, -0.15) is 0 Å². The van der Waals surface area contributed by atoms with E-state index in [0.29, 0.717) is 11.3 Å². The van der Waals surface area contributed by atoms with Gasteiger partial charge in [0.05, 0.1) is 24.2 Å². The van der Waals surface area contributed by atoms with Gasteiger partial charge in [-0.1, -0.05) is 0 Å². The van der Waals surface area contributed by atoms with Gasteiger partial charge in [-0.25, -0.2) is 13.4 Å². The van der Waals surface area contributed by atoms with Gasteiger partial charge in [0.2, 0.25) is 0 Å². The van der Waals surface area contributed by atoms with Crippen LogP contribution in [0.5, 0.6) is 0 Å². The van der Waals surface area contributed by atoms with Crippen LogP contribution in [-0.2, 0) is 9.84 Å². The molecule has 7 heteroatoms. The Labute approximate surface area is 141 Å². The molecular weight excluding hydrogens is 326 g/mol. The maximum Gasteiger partial charge on any atom is 0.287 e. The van der Waals surface area contributed by atoms with Crippen molar-refractivity contribution in [2.24, 2.45) is 0 Å². The Morgan fingerprint density at radius 3 is 2.42 bits per heavy atom. The van der Waals surface area contributed by atoms with Crippen LogP contribution in [0.2, 0.25) is 0 Å². The molecule has 1 amide bonds. The number of aromatic nitrogens is 1. The highest BCUT2D eigenvalue weighted by molar-refractivity contribution is 7.90. The molecule has 1 aliphatic heterocycles. The van der Waals surface area contributed by atoms with Crippen molar-refractivity contribution < 1.29 is 18.2 Å². The predicted octanol–water partition coefficient (Wildman–Crippen LogP) is 1.76. The van der Waals surface area contributed by atoms with Gasteiger partial charge in [-0.05, 0) is 49.2 Å². The maximum atomic E-state index is 12.6. The van der Waals surface area contributed by atoms with E-state index in [-0.39, 0.29) is 10.8 Å². The standard InChI is InChI=1S/C17H19N3O3S/c1-24(22,23)14-8-6-13(7-9-14)19-17(21)15-5-4-10-18-16(15)20-11-2-3-12-20/h4-10H,2-3,11-12H2,1H3,(H,19,21)/p+1. The smallest absolute Gasteiger partial charge is 0.287 e. The Morgan fingerprint density at radius 1 is 1.12 bits per heavy atom. The van der Waals surface area contributed by atoms with Crippen LogP contribution in [0, 0.1) is 0 Å². The van der Waals surface area contributed by atoms with Crippen molar-refractivity contribution in [3.8, 4) is 0 Å². The summed E-state index contributed by atoms with van der Waals surface area (Å²) >= 11 is 0. The molecule has 0 bridgehead atoms. The number of H-pyrrole nitrogens is 1. The van der Waals surface area contributed by atoms with E-state index in [9.17, 15) is 13.2 Å². The van der Waals surface area contributed by atoms with E-state index >= 15 is 0 Å². The zero-order valence-electron chi connectivity index (χ0n) is 13.5. The number of amides is 1. The quantitative estimate of drug-likeness (QED) is 0.915. The summed E-state index contributed by atoms with van der Waals surface area (Å²) in [6.07, 6.45) is 5.21. The van der Waals surface area contributed by atoms with Gasteiger partial charge < -0.3 is 5.32 Å². The average molecular weight is 346 g/mol. The Hall–Kier alpha value is -2.41. The van der Waals surface area contributed by atoms with Crippen molar-refractivity contribution in [1.29, 1.82) is 0 Å². The fourth-order valence-electron chi connectivity index (χ4n) is 2.80. The van der Waals surface area contributed by atoms with Crippen molar-refractivity contribution in [3.05, 3.63) is 48.2 Å². The number of aromatic amines is 1. The molecule has 2 heterocycles. The fraction of sp³-hybridized carbons (Fsp3) is 0.294. The molecule has 126 valence electrons. The minimum atomic E-state index is -3.24. The number of rotatable bonds is 4. The minimum absolute atomic E-state index is 0.221. The zero-order valence-corrected chi connectivity index (χ0v) is 14.3. The molecule has 6 nitrogen and oxygen atoms in total. The highest BCUT2D eigenvalue weighted by Crippen LogP contribution is 2.21. The normalized spacial score (nSPS) is 14.6. The van der Waals surface area contributed by atoms with Crippen molar-refractivity contribution in [1.82, 2.24) is 0 Å². The lowest BCUT2D eigenvalue weighted by atomic mass is 10.2. The van der Waals surface area contributed by atoms with Gasteiger partial charge in [0.15, 0.2) is 9.84 Å². The molecule has 2 aromatic rings. The van der Waals surface area contributed by atoms with Gasteiger partial charge in [-0.3, -0.25) is 9.69 Å². The van der Waals surface area contributed by atoms with E-state index in [1.165, 1.54) is 12.1 Å². The highest BCUT2D eigenvalue weighted by Gasteiger charge is 2.26. The van der Waals surface area contributed by atoms with Gasteiger partial charge >= 0.3 is 0 Å². The molecule has 0 spiro atoms. The van der Waals surface area contributed by atoms with E-state index in [0.717, 1.165) is 38.0 Å². The second-order valence-electron chi connectivity index (χ2n) is 5.88. The lowest BCUT2D eigenvalue weighted by Gasteiger charge is -2.12. The average Bonchev–Trinajstić information content (AvgIpc) is 3.09. The lowest BCUT2D eigenvalue weighted by Crippen LogP contribution is -2.29. The first-order valence-corrected chi connectivity index (χ1v) is 9.71. The lowest BCUT2D eigenvalue weighted by molar-refractivity contribution is -0.364. The number of nitrogens with zero attached hydrogens (tertiary/aromatic N) is 1. The van der Waals surface area contributed by atoms with Gasteiger partial charge in [0.1, 0.15) is 5.56 Å². The van der Waals surface area contributed by atoms with Crippen molar-refractivity contribution in [2.45, 2.75) is 17.7 Å². The van der Waals surface area contributed by atoms with Crippen LogP contribution in [0.3, 0.4) is 0 Å². The molecular formula is C17H20N3O3S+. The van der Waals surface area contributed by atoms with Crippen LogP contribution < -0.4 is 15.2 Å². The SMILES string of the molecule is CS(=O)(=O)c1ccc(NC(=O)c2ccc[nH+]c2N2CCCC2)cc1. The number of anilines is 2. The van der Waals surface area contributed by atoms with Crippen LogP contribution in [-0.4, -0.2) is 33.7 Å². The summed E-state index contributed by atoms with van der Waals surface area (Å²) in [7, 11) is -3.24. The number of carbonyl (C=O) groups excluding carboxylic acids is 1. The first-order valence-electron chi connectivity index (χ1n) is 7.82. The second kappa shape index (κ2) is 6.60. The van der Waals surface area contributed by atoms with Crippen molar-refractivity contribution in [3.63, 3.8) is 0 Å². The molecule has 2 N–H and O–H groups in total. The van der Waals surface area contributed by atoms with Crippen molar-refractivity contribution >= 4 is 27.2 Å². The molecule has 1 saturated heterocycles. The first kappa shape index (κ1) is 16.4. The van der Waals surface area contributed by atoms with Crippen LogP contribution >= 0.6 is 0 Å². The van der Waals surface area contributed by atoms with Gasteiger partial charge in [-0.15, -0.1) is 0 Å². The number of benzene rings is 1. The molecule has 24 heavy (non-hydrogen) atoms. The van der Waals surface area contributed by atoms with Crippen LogP contribution in [0.15, 0.2) is 47.5 Å². The third-order valence-corrected chi connectivity index (χ3v) is 5.17. The maximum absolute atomic E-state index is 12.6. The van der Waals surface area contributed by atoms with E-state index in [4.69, 9.17) is 0 Å². The Kier molecular flexibility index (Phi) is 4.53. The molecule has 1 aromatic carbocycles. The number of hydrogen-bond acceptors (Lipinski definition) is 4. The number of hydrogen-bond donors (Lipinski definition) is 1. The molecule has 1 aromatic heterocycles. The topological polar surface area (TPSA) is 80.6 Å². The molecule has 0 radical (unpaired) electrons. The molecule has 0 atom stereocenters. The molecule has 1 fully saturated rings. The molecule has 0 saturated carbocycles. The second-order valence-corrected chi connectivity index (χ2v) is 7.89. The van der Waals surface area contributed by atoms with Gasteiger partial charge in [0, 0.05) is 11.9 Å². The van der Waals surface area contributed by atoms with Crippen molar-refractivity contribution in [2.75, 3.05) is 29.6 Å². The largest absolute Gasteiger partial charge is 0.322 e. The van der Waals surface area contributed by atoms with Gasteiger partial charge in [0.25, 0.3) is 11.7 Å². The Balaban J connectivity index is 1.80. The molecule has 0 aliphatic carbocycles. The highest BCUT2D eigenvalue weighted by atomic mass is 32.2. The summed E-state index contributed by atoms with van der Waals surface area (Å²) in [4.78, 5) is 18.2. The predicted molar refractivity (Wildman–Crippen MR) is 91.9 cm³/mol. The molecule has 1 aliphatic rings. The van der Waals surface area contributed by atoms with Crippen LogP contribution in [0.25, 0.3) is 0 Å². The Bertz CT molecular complexity index is 842. The van der Waals surface area contributed by atoms with Crippen LogP contribution in [0.1, 0.15) is 23.2 Å². The molecule has 0 unspecified atom stereocenters.